The van der Waals surface area contributed by atoms with E-state index in [0.29, 0.717) is 12.8 Å². The van der Waals surface area contributed by atoms with Gasteiger partial charge in [0.1, 0.15) is 24.4 Å². The molecular formula is C75H127NO10. The number of aliphatic hydroxyl groups excluding tert-OH is 5. The van der Waals surface area contributed by atoms with E-state index in [1.807, 2.05) is 6.08 Å². The normalized spacial score (nSPS) is 19.1. The second-order valence-electron chi connectivity index (χ2n) is 23.5. The van der Waals surface area contributed by atoms with Gasteiger partial charge in [-0.15, -0.1) is 0 Å². The summed E-state index contributed by atoms with van der Waals surface area (Å²) in [7, 11) is 0. The summed E-state index contributed by atoms with van der Waals surface area (Å²) in [6, 6.07) is -1.04. The predicted octanol–water partition coefficient (Wildman–Crippen LogP) is 17.8. The van der Waals surface area contributed by atoms with Gasteiger partial charge in [0.15, 0.2) is 12.4 Å². The maximum atomic E-state index is 13.5. The summed E-state index contributed by atoms with van der Waals surface area (Å²) in [6.45, 7) is 5.63. The fourth-order valence-electron chi connectivity index (χ4n) is 10.1. The highest BCUT2D eigenvalue weighted by Crippen LogP contribution is 2.26. The maximum absolute atomic E-state index is 13.5. The second-order valence-corrected chi connectivity index (χ2v) is 23.5. The molecular weight excluding hydrogens is 1070 g/mol. The van der Waals surface area contributed by atoms with E-state index in [1.165, 1.54) is 109 Å². The molecule has 1 heterocycles. The molecule has 0 aliphatic carbocycles. The van der Waals surface area contributed by atoms with Crippen LogP contribution in [0.15, 0.2) is 122 Å². The third-order valence-electron chi connectivity index (χ3n) is 15.6. The molecule has 11 nitrogen and oxygen atoms in total. The van der Waals surface area contributed by atoms with E-state index < -0.39 is 67.4 Å². The summed E-state index contributed by atoms with van der Waals surface area (Å²) in [5, 5.41) is 57.2. The minimum Gasteiger partial charge on any atom is -0.454 e. The van der Waals surface area contributed by atoms with Crippen molar-refractivity contribution in [1.29, 1.82) is 0 Å². The van der Waals surface area contributed by atoms with Gasteiger partial charge in [-0.3, -0.25) is 9.59 Å². The minimum absolute atomic E-state index is 0.0783. The largest absolute Gasteiger partial charge is 0.454 e. The molecule has 8 unspecified atom stereocenters. The fourth-order valence-corrected chi connectivity index (χ4v) is 10.1. The molecule has 1 aliphatic heterocycles. The van der Waals surface area contributed by atoms with E-state index in [1.54, 1.807) is 6.08 Å². The van der Waals surface area contributed by atoms with Gasteiger partial charge in [0.25, 0.3) is 0 Å². The van der Waals surface area contributed by atoms with Crippen molar-refractivity contribution in [3.8, 4) is 0 Å². The Morgan fingerprint density at radius 3 is 1.28 bits per heavy atom. The zero-order valence-electron chi connectivity index (χ0n) is 54.6. The van der Waals surface area contributed by atoms with Crippen LogP contribution in [0.2, 0.25) is 0 Å². The first-order valence-corrected chi connectivity index (χ1v) is 34.8. The minimum atomic E-state index is -1.64. The smallest absolute Gasteiger partial charge is 0.306 e. The van der Waals surface area contributed by atoms with Crippen LogP contribution in [-0.4, -0.2) is 99.6 Å². The lowest BCUT2D eigenvalue weighted by atomic mass is 9.99. The summed E-state index contributed by atoms with van der Waals surface area (Å²) in [5.41, 5.74) is 0. The number of amides is 1. The average Bonchev–Trinajstić information content (AvgIpc) is 3.01. The van der Waals surface area contributed by atoms with Crippen LogP contribution in [0.1, 0.15) is 278 Å². The molecule has 1 aliphatic rings. The van der Waals surface area contributed by atoms with Gasteiger partial charge in [0.05, 0.1) is 25.4 Å². The first-order chi connectivity index (χ1) is 42.2. The first-order valence-electron chi connectivity index (χ1n) is 34.8. The van der Waals surface area contributed by atoms with Crippen LogP contribution in [0.3, 0.4) is 0 Å². The molecule has 0 aromatic heterocycles. The van der Waals surface area contributed by atoms with Gasteiger partial charge >= 0.3 is 5.97 Å². The van der Waals surface area contributed by atoms with Crippen LogP contribution in [0.5, 0.6) is 0 Å². The topological polar surface area (TPSA) is 175 Å². The SMILES string of the molecule is CC/C=C\C/C=C\C/C=C\C/C=C\C/C=C\CCCCCC(=O)OC1C(OCC(NC(=O)C(O)CCCCCCCCCCCC/C=C\C/C=C\C/C=C\C/C=C\CCCCC)C(O)/C=C/CCCCCCCCCCCC)OC(CO)C(O)C1O. The third kappa shape index (κ3) is 48.0. The number of nitrogens with one attached hydrogen (secondary N) is 1. The van der Waals surface area contributed by atoms with Gasteiger partial charge in [-0.2, -0.15) is 0 Å². The Bertz CT molecular complexity index is 1860. The molecule has 11 heteroatoms. The highest BCUT2D eigenvalue weighted by Gasteiger charge is 2.47. The highest BCUT2D eigenvalue weighted by molar-refractivity contribution is 5.80. The molecule has 492 valence electrons. The predicted molar refractivity (Wildman–Crippen MR) is 361 cm³/mol. The summed E-state index contributed by atoms with van der Waals surface area (Å²) in [5.74, 6) is -1.24. The molecule has 0 aromatic carbocycles. The van der Waals surface area contributed by atoms with Crippen LogP contribution in [0, 0.1) is 0 Å². The van der Waals surface area contributed by atoms with Crippen LogP contribution in [0.4, 0.5) is 0 Å². The van der Waals surface area contributed by atoms with E-state index in [9.17, 15) is 35.1 Å². The molecule has 8 atom stereocenters. The van der Waals surface area contributed by atoms with Crippen molar-refractivity contribution >= 4 is 11.9 Å². The van der Waals surface area contributed by atoms with Crippen LogP contribution in [-0.2, 0) is 23.8 Å². The average molecular weight is 1200 g/mol. The van der Waals surface area contributed by atoms with Crippen molar-refractivity contribution in [2.75, 3.05) is 13.2 Å². The Hall–Kier alpha value is -3.94. The van der Waals surface area contributed by atoms with Crippen molar-refractivity contribution in [2.45, 2.75) is 327 Å². The Morgan fingerprint density at radius 1 is 0.465 bits per heavy atom. The fraction of sp³-hybridized carbons (Fsp3) is 0.707. The van der Waals surface area contributed by atoms with Gasteiger partial charge in [0, 0.05) is 6.42 Å². The van der Waals surface area contributed by atoms with Crippen LogP contribution < -0.4 is 5.32 Å². The quantitative estimate of drug-likeness (QED) is 0.0195. The molecule has 0 radical (unpaired) electrons. The number of unbranched alkanes of at least 4 members (excludes halogenated alkanes) is 26. The van der Waals surface area contributed by atoms with Crippen molar-refractivity contribution < 1.29 is 49.3 Å². The molecule has 0 aromatic rings. The molecule has 6 N–H and O–H groups in total. The number of allylic oxidation sites excluding steroid dienone is 19. The lowest BCUT2D eigenvalue weighted by molar-refractivity contribution is -0.305. The maximum Gasteiger partial charge on any atom is 0.306 e. The van der Waals surface area contributed by atoms with Crippen LogP contribution >= 0.6 is 0 Å². The molecule has 0 spiro atoms. The molecule has 1 rings (SSSR count). The van der Waals surface area contributed by atoms with Crippen LogP contribution in [0.25, 0.3) is 0 Å². The Kier molecular flexibility index (Phi) is 57.1. The Labute approximate surface area is 525 Å². The summed E-state index contributed by atoms with van der Waals surface area (Å²) in [6.07, 6.45) is 75.2. The second kappa shape index (κ2) is 61.3. The number of hydrogen-bond donors (Lipinski definition) is 6. The zero-order valence-corrected chi connectivity index (χ0v) is 54.6. The number of rotatable bonds is 58. The molecule has 1 amide bonds. The Balaban J connectivity index is 2.61. The van der Waals surface area contributed by atoms with E-state index in [4.69, 9.17) is 14.2 Å². The summed E-state index contributed by atoms with van der Waals surface area (Å²) >= 11 is 0. The summed E-state index contributed by atoms with van der Waals surface area (Å²) in [4.78, 5) is 26.6. The van der Waals surface area contributed by atoms with Gasteiger partial charge in [0.2, 0.25) is 5.91 Å². The number of ether oxygens (including phenoxy) is 3. The lowest BCUT2D eigenvalue weighted by Crippen LogP contribution is -2.61. The van der Waals surface area contributed by atoms with Crippen molar-refractivity contribution in [3.63, 3.8) is 0 Å². The third-order valence-corrected chi connectivity index (χ3v) is 15.6. The first kappa shape index (κ1) is 80.1. The van der Waals surface area contributed by atoms with Crippen molar-refractivity contribution in [1.82, 2.24) is 5.32 Å². The zero-order chi connectivity index (χ0) is 62.4. The van der Waals surface area contributed by atoms with Gasteiger partial charge in [-0.05, 0) is 116 Å². The number of hydrogen-bond acceptors (Lipinski definition) is 10. The van der Waals surface area contributed by atoms with Crippen molar-refractivity contribution in [2.24, 2.45) is 0 Å². The highest BCUT2D eigenvalue weighted by atomic mass is 16.7. The Morgan fingerprint density at radius 2 is 0.837 bits per heavy atom. The number of esters is 1. The number of carbonyl (C=O) groups is 2. The van der Waals surface area contributed by atoms with Gasteiger partial charge < -0.3 is 45.1 Å². The van der Waals surface area contributed by atoms with E-state index in [0.717, 1.165) is 122 Å². The standard InChI is InChI=1S/C75H127NO10/c1-4-7-10-13-16-19-22-25-27-29-31-32-33-34-35-36-37-39-40-42-44-47-50-53-56-59-62-68(79)74(83)76-66(67(78)61-58-55-52-49-46-24-21-18-15-12-9-6-3)65-84-75-73(72(82)71(81)69(64-77)85-75)86-70(80)63-60-57-54-51-48-45-43-41-38-30-28-26-23-20-17-14-11-8-5-2/h8,11,16-17,19-20,25-28,31-32,34-35,38,41,45,48,58,61,66-69,71-73,75,77-79,81-82H,4-7,9-10,12-15,18,21-24,29-30,33,36-37,39-40,42-44,46-47,49-57,59-60,62-65H2,1-3H3,(H,76,83)/b11-8-,19-16-,20-17-,27-25-,28-26-,32-31-,35-34-,41-38-,48-45-,61-58+. The molecule has 1 fully saturated rings. The van der Waals surface area contributed by atoms with E-state index >= 15 is 0 Å². The molecule has 0 saturated carbocycles. The lowest BCUT2D eigenvalue weighted by Gasteiger charge is -2.41. The van der Waals surface area contributed by atoms with E-state index in [2.05, 4.69) is 135 Å². The number of carbonyl (C=O) groups excluding carboxylic acids is 2. The molecule has 1 saturated heterocycles. The van der Waals surface area contributed by atoms with Gasteiger partial charge in [-0.25, -0.2) is 0 Å². The number of aliphatic hydroxyl groups is 5. The molecule has 86 heavy (non-hydrogen) atoms. The van der Waals surface area contributed by atoms with Crippen molar-refractivity contribution in [3.05, 3.63) is 122 Å². The summed E-state index contributed by atoms with van der Waals surface area (Å²) < 4.78 is 17.6. The molecule has 0 bridgehead atoms. The van der Waals surface area contributed by atoms with E-state index in [-0.39, 0.29) is 19.4 Å². The monoisotopic (exact) mass is 1200 g/mol. The van der Waals surface area contributed by atoms with Gasteiger partial charge in [-0.1, -0.05) is 277 Å².